The van der Waals surface area contributed by atoms with Crippen LogP contribution in [0.1, 0.15) is 0 Å². The van der Waals surface area contributed by atoms with Crippen molar-refractivity contribution in [2.75, 3.05) is 0 Å². The fourth-order valence-electron chi connectivity index (χ4n) is 10.4. The Kier molecular flexibility index (Phi) is 9.14. The van der Waals surface area contributed by atoms with Crippen LogP contribution in [0.2, 0.25) is 0 Å². The van der Waals surface area contributed by atoms with Crippen molar-refractivity contribution < 1.29 is 4.42 Å². The quantitative estimate of drug-likeness (QED) is 0.160. The fraction of sp³-hybridized carbons (Fsp3) is 0. The summed E-state index contributed by atoms with van der Waals surface area (Å²) in [5.74, 6) is 1.78. The van der Waals surface area contributed by atoms with Gasteiger partial charge in [0.15, 0.2) is 17.5 Å². The van der Waals surface area contributed by atoms with Crippen molar-refractivity contribution in [3.8, 4) is 73.2 Å². The molecule has 0 N–H and O–H groups in total. The zero-order chi connectivity index (χ0) is 46.1. The van der Waals surface area contributed by atoms with Crippen LogP contribution in [0.25, 0.3) is 139 Å². The van der Waals surface area contributed by atoms with Crippen LogP contribution in [-0.2, 0) is 0 Å². The standard InChI is InChI=1S/C65H40N4O/c1-3-14-41(15-4-1)43-26-30-46(31-27-43)63-66-64(47-32-28-44(29-33-47)42-16-5-2-6-17-42)68-65(67-63)50-35-37-57(55(39-50)52-23-13-25-60-61(52)54-22-11-12-24-59(54)70-60)69-58-40-49-20-8-7-19-48(49)38-56(58)53-36-34-45-18-9-10-21-51(45)62(53)69/h1-40H. The predicted octanol–water partition coefficient (Wildman–Crippen LogP) is 17.2. The summed E-state index contributed by atoms with van der Waals surface area (Å²) in [6.07, 6.45) is 0. The highest BCUT2D eigenvalue weighted by atomic mass is 16.3. The molecule has 326 valence electrons. The maximum atomic E-state index is 6.57. The van der Waals surface area contributed by atoms with Crippen LogP contribution >= 0.6 is 0 Å². The van der Waals surface area contributed by atoms with E-state index in [-0.39, 0.29) is 0 Å². The minimum atomic E-state index is 0.579. The molecule has 0 fully saturated rings. The molecule has 11 aromatic carbocycles. The lowest BCUT2D eigenvalue weighted by molar-refractivity contribution is 0.669. The van der Waals surface area contributed by atoms with Crippen LogP contribution in [-0.4, -0.2) is 19.5 Å². The van der Waals surface area contributed by atoms with Crippen LogP contribution in [0, 0.1) is 0 Å². The van der Waals surface area contributed by atoms with Gasteiger partial charge in [0, 0.05) is 49.2 Å². The Morgan fingerprint density at radius 1 is 0.300 bits per heavy atom. The third kappa shape index (κ3) is 6.59. The first-order valence-electron chi connectivity index (χ1n) is 23.7. The van der Waals surface area contributed by atoms with Gasteiger partial charge >= 0.3 is 0 Å². The van der Waals surface area contributed by atoms with Gasteiger partial charge in [0.05, 0.1) is 16.7 Å². The Bertz CT molecular complexity index is 4220. The fourth-order valence-corrected chi connectivity index (χ4v) is 10.4. The van der Waals surface area contributed by atoms with E-state index >= 15 is 0 Å². The SMILES string of the molecule is c1ccc(-c2ccc(-c3nc(-c4ccc(-c5ccccc5)cc4)nc(-c4ccc(-n5c6cc7ccccc7cc6c6ccc7ccccc7c65)c(-c5cccc6oc7ccccc7c56)c4)n3)cc2)cc1. The highest BCUT2D eigenvalue weighted by Crippen LogP contribution is 2.45. The topological polar surface area (TPSA) is 56.7 Å². The normalized spacial score (nSPS) is 11.7. The third-order valence-electron chi connectivity index (χ3n) is 13.8. The molecule has 0 saturated carbocycles. The van der Waals surface area contributed by atoms with E-state index in [1.165, 1.54) is 32.3 Å². The van der Waals surface area contributed by atoms with Gasteiger partial charge in [-0.15, -0.1) is 0 Å². The highest BCUT2D eigenvalue weighted by Gasteiger charge is 2.23. The van der Waals surface area contributed by atoms with Gasteiger partial charge in [0.2, 0.25) is 0 Å². The second-order valence-corrected chi connectivity index (χ2v) is 17.9. The Morgan fingerprint density at radius 2 is 0.814 bits per heavy atom. The van der Waals surface area contributed by atoms with Crippen molar-refractivity contribution in [1.29, 1.82) is 0 Å². The van der Waals surface area contributed by atoms with Crippen molar-refractivity contribution in [1.82, 2.24) is 19.5 Å². The lowest BCUT2D eigenvalue weighted by atomic mass is 9.95. The molecule has 3 heterocycles. The maximum Gasteiger partial charge on any atom is 0.164 e. The first kappa shape index (κ1) is 39.7. The van der Waals surface area contributed by atoms with Crippen molar-refractivity contribution in [3.05, 3.63) is 243 Å². The average molecular weight is 893 g/mol. The molecule has 0 unspecified atom stereocenters. The van der Waals surface area contributed by atoms with Gasteiger partial charge in [0.1, 0.15) is 11.2 Å². The average Bonchev–Trinajstić information content (AvgIpc) is 3.98. The lowest BCUT2D eigenvalue weighted by Crippen LogP contribution is -2.02. The van der Waals surface area contributed by atoms with E-state index in [0.29, 0.717) is 17.5 Å². The summed E-state index contributed by atoms with van der Waals surface area (Å²) in [5, 5.41) is 9.28. The minimum Gasteiger partial charge on any atom is -0.456 e. The molecule has 5 heteroatoms. The third-order valence-corrected chi connectivity index (χ3v) is 13.8. The first-order valence-corrected chi connectivity index (χ1v) is 23.7. The molecular formula is C65H40N4O. The molecule has 0 aliphatic heterocycles. The van der Waals surface area contributed by atoms with Gasteiger partial charge in [-0.25, -0.2) is 15.0 Å². The molecule has 0 aliphatic rings. The summed E-state index contributed by atoms with van der Waals surface area (Å²) in [4.78, 5) is 15.8. The van der Waals surface area contributed by atoms with E-state index in [0.717, 1.165) is 88.7 Å². The lowest BCUT2D eigenvalue weighted by Gasteiger charge is -2.18. The number of hydrogen-bond acceptors (Lipinski definition) is 4. The molecule has 0 bridgehead atoms. The van der Waals surface area contributed by atoms with Gasteiger partial charge in [0.25, 0.3) is 0 Å². The van der Waals surface area contributed by atoms with E-state index in [2.05, 4.69) is 223 Å². The molecule has 14 rings (SSSR count). The van der Waals surface area contributed by atoms with Crippen LogP contribution in [0.5, 0.6) is 0 Å². The molecule has 0 atom stereocenters. The Hall–Kier alpha value is -9.45. The van der Waals surface area contributed by atoms with Gasteiger partial charge in [-0.2, -0.15) is 0 Å². The summed E-state index contributed by atoms with van der Waals surface area (Å²) in [7, 11) is 0. The molecule has 3 aromatic heterocycles. The van der Waals surface area contributed by atoms with E-state index in [9.17, 15) is 0 Å². The van der Waals surface area contributed by atoms with E-state index < -0.39 is 0 Å². The molecule has 5 nitrogen and oxygen atoms in total. The second-order valence-electron chi connectivity index (χ2n) is 17.9. The van der Waals surface area contributed by atoms with Crippen molar-refractivity contribution in [3.63, 3.8) is 0 Å². The monoisotopic (exact) mass is 892 g/mol. The predicted molar refractivity (Wildman–Crippen MR) is 289 cm³/mol. The number of hydrogen-bond donors (Lipinski definition) is 0. The van der Waals surface area contributed by atoms with E-state index in [1.807, 2.05) is 24.3 Å². The largest absolute Gasteiger partial charge is 0.456 e. The number of rotatable bonds is 7. The van der Waals surface area contributed by atoms with E-state index in [1.54, 1.807) is 0 Å². The Balaban J connectivity index is 1.03. The molecular weight excluding hydrogens is 853 g/mol. The van der Waals surface area contributed by atoms with Crippen molar-refractivity contribution >= 4 is 65.3 Å². The number of benzene rings is 11. The second kappa shape index (κ2) is 16.1. The molecule has 0 radical (unpaired) electrons. The van der Waals surface area contributed by atoms with Crippen LogP contribution in [0.3, 0.4) is 0 Å². The Labute approximate surface area is 403 Å². The van der Waals surface area contributed by atoms with Crippen LogP contribution < -0.4 is 0 Å². The van der Waals surface area contributed by atoms with Gasteiger partial charge in [-0.3, -0.25) is 0 Å². The molecule has 14 aromatic rings. The number of furan rings is 1. The summed E-state index contributed by atoms with van der Waals surface area (Å²) in [5.41, 5.74) is 14.3. The zero-order valence-electron chi connectivity index (χ0n) is 37.8. The molecule has 0 amide bonds. The Morgan fingerprint density at radius 3 is 1.49 bits per heavy atom. The van der Waals surface area contributed by atoms with Crippen molar-refractivity contribution in [2.24, 2.45) is 0 Å². The molecule has 0 saturated heterocycles. The van der Waals surface area contributed by atoms with Gasteiger partial charge in [-0.05, 0) is 86.4 Å². The summed E-state index contributed by atoms with van der Waals surface area (Å²) < 4.78 is 9.05. The number of nitrogens with zero attached hydrogens (tertiary/aromatic N) is 4. The molecule has 0 aliphatic carbocycles. The summed E-state index contributed by atoms with van der Waals surface area (Å²) in [6.45, 7) is 0. The maximum absolute atomic E-state index is 6.57. The minimum absolute atomic E-state index is 0.579. The van der Waals surface area contributed by atoms with Crippen LogP contribution in [0.15, 0.2) is 247 Å². The first-order chi connectivity index (χ1) is 34.7. The summed E-state index contributed by atoms with van der Waals surface area (Å²) in [6, 6.07) is 85.9. The number of para-hydroxylation sites is 1. The zero-order valence-corrected chi connectivity index (χ0v) is 37.8. The smallest absolute Gasteiger partial charge is 0.164 e. The van der Waals surface area contributed by atoms with Crippen molar-refractivity contribution in [2.45, 2.75) is 0 Å². The molecule has 70 heavy (non-hydrogen) atoms. The summed E-state index contributed by atoms with van der Waals surface area (Å²) >= 11 is 0. The molecule has 0 spiro atoms. The number of aromatic nitrogens is 4. The van der Waals surface area contributed by atoms with Gasteiger partial charge in [-0.1, -0.05) is 200 Å². The number of fused-ring (bicyclic) bond motifs is 9. The van der Waals surface area contributed by atoms with Gasteiger partial charge < -0.3 is 8.98 Å². The highest BCUT2D eigenvalue weighted by molar-refractivity contribution is 6.21. The van der Waals surface area contributed by atoms with E-state index in [4.69, 9.17) is 19.4 Å². The van der Waals surface area contributed by atoms with Crippen LogP contribution in [0.4, 0.5) is 0 Å².